The van der Waals surface area contributed by atoms with Crippen LogP contribution < -0.4 is 11.1 Å². The number of nitrogens with zero attached hydrogens (tertiary/aromatic N) is 2. The van der Waals surface area contributed by atoms with Crippen molar-refractivity contribution in [2.75, 3.05) is 26.2 Å². The Morgan fingerprint density at radius 2 is 2.00 bits per heavy atom. The zero-order valence-electron chi connectivity index (χ0n) is 10.4. The van der Waals surface area contributed by atoms with E-state index in [2.05, 4.69) is 5.32 Å². The number of para-hydroxylation sites is 1. The zero-order valence-corrected chi connectivity index (χ0v) is 10.4. The van der Waals surface area contributed by atoms with Crippen molar-refractivity contribution in [2.45, 2.75) is 6.04 Å². The number of piperazine rings is 1. The molecular formula is C12H16N4O3. The van der Waals surface area contributed by atoms with Gasteiger partial charge in [0.1, 0.15) is 6.04 Å². The van der Waals surface area contributed by atoms with E-state index < -0.39 is 16.9 Å². The second-order valence-corrected chi connectivity index (χ2v) is 4.41. The van der Waals surface area contributed by atoms with E-state index in [1.54, 1.807) is 18.2 Å². The van der Waals surface area contributed by atoms with Gasteiger partial charge in [-0.15, -0.1) is 0 Å². The summed E-state index contributed by atoms with van der Waals surface area (Å²) in [6.07, 6.45) is 0. The Hall–Kier alpha value is -1.99. The van der Waals surface area contributed by atoms with Crippen LogP contribution in [0.5, 0.6) is 0 Å². The van der Waals surface area contributed by atoms with E-state index in [1.807, 2.05) is 4.90 Å². The number of carbonyl (C=O) groups is 1. The molecule has 1 aromatic carbocycles. The van der Waals surface area contributed by atoms with Crippen LogP contribution in [-0.4, -0.2) is 41.9 Å². The number of amides is 1. The molecule has 0 saturated carbocycles. The van der Waals surface area contributed by atoms with Gasteiger partial charge in [-0.3, -0.25) is 19.8 Å². The predicted octanol–water partition coefficient (Wildman–Crippen LogP) is 0.0264. The van der Waals surface area contributed by atoms with E-state index in [1.165, 1.54) is 6.07 Å². The van der Waals surface area contributed by atoms with Gasteiger partial charge in [-0.25, -0.2) is 0 Å². The molecule has 1 amide bonds. The van der Waals surface area contributed by atoms with Gasteiger partial charge in [0.2, 0.25) is 5.91 Å². The summed E-state index contributed by atoms with van der Waals surface area (Å²) < 4.78 is 0. The molecule has 1 aliphatic rings. The van der Waals surface area contributed by atoms with Crippen LogP contribution in [-0.2, 0) is 4.79 Å². The van der Waals surface area contributed by atoms with E-state index in [-0.39, 0.29) is 5.69 Å². The number of nitrogens with one attached hydrogen (secondary N) is 1. The molecule has 1 unspecified atom stereocenters. The van der Waals surface area contributed by atoms with E-state index in [4.69, 9.17) is 5.73 Å². The maximum Gasteiger partial charge on any atom is 0.274 e. The number of hydrogen-bond donors (Lipinski definition) is 2. The van der Waals surface area contributed by atoms with Gasteiger partial charge in [-0.1, -0.05) is 18.2 Å². The van der Waals surface area contributed by atoms with Gasteiger partial charge in [0.05, 0.1) is 10.5 Å². The maximum atomic E-state index is 11.7. The molecule has 102 valence electrons. The highest BCUT2D eigenvalue weighted by molar-refractivity contribution is 5.82. The molecular weight excluding hydrogens is 248 g/mol. The fourth-order valence-electron chi connectivity index (χ4n) is 2.36. The number of rotatable bonds is 4. The molecule has 2 rings (SSSR count). The number of primary amides is 1. The third-order valence-corrected chi connectivity index (χ3v) is 3.21. The first-order valence-corrected chi connectivity index (χ1v) is 6.08. The molecule has 7 nitrogen and oxygen atoms in total. The maximum absolute atomic E-state index is 11.7. The molecule has 3 N–H and O–H groups in total. The average molecular weight is 264 g/mol. The second-order valence-electron chi connectivity index (χ2n) is 4.41. The molecule has 0 radical (unpaired) electrons. The fourth-order valence-corrected chi connectivity index (χ4v) is 2.36. The number of carbonyl (C=O) groups excluding carboxylic acids is 1. The van der Waals surface area contributed by atoms with Crippen LogP contribution in [0.1, 0.15) is 11.6 Å². The molecule has 1 fully saturated rings. The number of nitro groups is 1. The Bertz CT molecular complexity index is 486. The lowest BCUT2D eigenvalue weighted by molar-refractivity contribution is -0.385. The van der Waals surface area contributed by atoms with Crippen LogP contribution in [0.25, 0.3) is 0 Å². The molecule has 1 heterocycles. The Morgan fingerprint density at radius 1 is 1.37 bits per heavy atom. The van der Waals surface area contributed by atoms with Gasteiger partial charge in [0.25, 0.3) is 5.69 Å². The van der Waals surface area contributed by atoms with Crippen molar-refractivity contribution >= 4 is 11.6 Å². The number of hydrogen-bond acceptors (Lipinski definition) is 5. The van der Waals surface area contributed by atoms with Crippen molar-refractivity contribution in [1.82, 2.24) is 10.2 Å². The molecule has 1 aliphatic heterocycles. The average Bonchev–Trinajstić information content (AvgIpc) is 2.40. The van der Waals surface area contributed by atoms with Gasteiger partial charge in [-0.05, 0) is 0 Å². The smallest absolute Gasteiger partial charge is 0.274 e. The quantitative estimate of drug-likeness (QED) is 0.590. The van der Waals surface area contributed by atoms with Crippen LogP contribution in [0.15, 0.2) is 24.3 Å². The summed E-state index contributed by atoms with van der Waals surface area (Å²) in [5.41, 5.74) is 5.74. The first-order chi connectivity index (χ1) is 9.11. The molecule has 1 atom stereocenters. The molecule has 0 spiro atoms. The summed E-state index contributed by atoms with van der Waals surface area (Å²) in [4.78, 5) is 24.2. The first kappa shape index (κ1) is 13.4. The van der Waals surface area contributed by atoms with Crippen molar-refractivity contribution in [3.63, 3.8) is 0 Å². The van der Waals surface area contributed by atoms with Gasteiger partial charge >= 0.3 is 0 Å². The normalized spacial score (nSPS) is 17.9. The van der Waals surface area contributed by atoms with E-state index in [0.29, 0.717) is 18.7 Å². The third kappa shape index (κ3) is 2.88. The van der Waals surface area contributed by atoms with Crippen molar-refractivity contribution in [2.24, 2.45) is 5.73 Å². The third-order valence-electron chi connectivity index (χ3n) is 3.21. The first-order valence-electron chi connectivity index (χ1n) is 6.08. The van der Waals surface area contributed by atoms with E-state index in [9.17, 15) is 14.9 Å². The summed E-state index contributed by atoms with van der Waals surface area (Å²) in [7, 11) is 0. The highest BCUT2D eigenvalue weighted by atomic mass is 16.6. The Kier molecular flexibility index (Phi) is 4.08. The summed E-state index contributed by atoms with van der Waals surface area (Å²) in [6, 6.07) is 5.50. The summed E-state index contributed by atoms with van der Waals surface area (Å²) in [5, 5.41) is 14.2. The van der Waals surface area contributed by atoms with Crippen molar-refractivity contribution < 1.29 is 9.72 Å². The molecule has 19 heavy (non-hydrogen) atoms. The molecule has 1 saturated heterocycles. The van der Waals surface area contributed by atoms with Crippen LogP contribution in [0.4, 0.5) is 5.69 Å². The fraction of sp³-hybridized carbons (Fsp3) is 0.417. The standard InChI is InChI=1S/C12H16N4O3/c13-12(17)11(15-7-5-14-6-8-15)9-3-1-2-4-10(9)16(18)19/h1-4,11,14H,5-8H2,(H2,13,17). The van der Waals surface area contributed by atoms with E-state index in [0.717, 1.165) is 13.1 Å². The topological polar surface area (TPSA) is 102 Å². The number of nitrogens with two attached hydrogens (primary N) is 1. The minimum absolute atomic E-state index is 0.0650. The Balaban J connectivity index is 2.38. The highest BCUT2D eigenvalue weighted by Crippen LogP contribution is 2.29. The van der Waals surface area contributed by atoms with Gasteiger partial charge in [-0.2, -0.15) is 0 Å². The van der Waals surface area contributed by atoms with Crippen molar-refractivity contribution in [3.8, 4) is 0 Å². The minimum Gasteiger partial charge on any atom is -0.368 e. The zero-order chi connectivity index (χ0) is 13.8. The summed E-state index contributed by atoms with van der Waals surface area (Å²) >= 11 is 0. The lowest BCUT2D eigenvalue weighted by atomic mass is 10.0. The SMILES string of the molecule is NC(=O)C(c1ccccc1[N+](=O)[O-])N1CCNCC1. The van der Waals surface area contributed by atoms with Gasteiger partial charge in [0, 0.05) is 32.2 Å². The molecule has 0 aliphatic carbocycles. The lowest BCUT2D eigenvalue weighted by Crippen LogP contribution is -2.48. The highest BCUT2D eigenvalue weighted by Gasteiger charge is 2.31. The Morgan fingerprint density at radius 3 is 2.58 bits per heavy atom. The predicted molar refractivity (Wildman–Crippen MR) is 69.5 cm³/mol. The molecule has 0 aromatic heterocycles. The van der Waals surface area contributed by atoms with Gasteiger partial charge in [0.15, 0.2) is 0 Å². The minimum atomic E-state index is -0.747. The Labute approximate surface area is 110 Å². The van der Waals surface area contributed by atoms with Crippen molar-refractivity contribution in [3.05, 3.63) is 39.9 Å². The van der Waals surface area contributed by atoms with Crippen LogP contribution in [0.2, 0.25) is 0 Å². The van der Waals surface area contributed by atoms with Gasteiger partial charge < -0.3 is 11.1 Å². The van der Waals surface area contributed by atoms with E-state index >= 15 is 0 Å². The van der Waals surface area contributed by atoms with Crippen LogP contribution in [0.3, 0.4) is 0 Å². The van der Waals surface area contributed by atoms with Crippen LogP contribution in [0, 0.1) is 10.1 Å². The second kappa shape index (κ2) is 5.77. The van der Waals surface area contributed by atoms with Crippen LogP contribution >= 0.6 is 0 Å². The summed E-state index contributed by atoms with van der Waals surface area (Å²) in [6.45, 7) is 2.76. The van der Waals surface area contributed by atoms with Crippen molar-refractivity contribution in [1.29, 1.82) is 0 Å². The molecule has 7 heteroatoms. The molecule has 0 bridgehead atoms. The monoisotopic (exact) mass is 264 g/mol. The lowest BCUT2D eigenvalue weighted by Gasteiger charge is -2.32. The number of benzene rings is 1. The number of nitro benzene ring substituents is 1. The molecule has 1 aromatic rings. The largest absolute Gasteiger partial charge is 0.368 e. The summed E-state index contributed by atoms with van der Waals surface area (Å²) in [5.74, 6) is -0.559.